The van der Waals surface area contributed by atoms with Gasteiger partial charge in [0.25, 0.3) is 0 Å². The van der Waals surface area contributed by atoms with Crippen LogP contribution in [0.2, 0.25) is 0 Å². The fourth-order valence-electron chi connectivity index (χ4n) is 7.93. The minimum absolute atomic E-state index is 0.625. The van der Waals surface area contributed by atoms with E-state index < -0.39 is 0 Å². The van der Waals surface area contributed by atoms with Crippen LogP contribution in [0.3, 0.4) is 0 Å². The van der Waals surface area contributed by atoms with Crippen LogP contribution in [0.15, 0.2) is 12.2 Å². The summed E-state index contributed by atoms with van der Waals surface area (Å²) in [6.45, 7) is 26.3. The van der Waals surface area contributed by atoms with E-state index in [9.17, 15) is 0 Å². The van der Waals surface area contributed by atoms with E-state index in [1.807, 2.05) is 53.7 Å². The number of hydrogen-bond donors (Lipinski definition) is 0. The Morgan fingerprint density at radius 3 is 1.72 bits per heavy atom. The average molecular weight is 506 g/mol. The molecule has 0 radical (unpaired) electrons. The van der Waals surface area contributed by atoms with Gasteiger partial charge in [-0.25, -0.2) is 0 Å². The number of nitrogens with zero attached hydrogens (tertiary/aromatic N) is 1. The molecule has 0 heterocycles. The van der Waals surface area contributed by atoms with Crippen molar-refractivity contribution >= 4 is 0 Å². The molecule has 4 fully saturated rings. The number of fused-ring (bicyclic) bond motifs is 5. The van der Waals surface area contributed by atoms with Crippen molar-refractivity contribution in [3.05, 3.63) is 12.2 Å². The van der Waals surface area contributed by atoms with Crippen LogP contribution in [0.25, 0.3) is 0 Å². The first kappa shape index (κ1) is 35.7. The molecule has 7 unspecified atom stereocenters. The Hall–Kier alpha value is -0.300. The third-order valence-electron chi connectivity index (χ3n) is 9.03. The summed E-state index contributed by atoms with van der Waals surface area (Å²) < 4.78 is 0. The first-order valence-corrected chi connectivity index (χ1v) is 16.2. The van der Waals surface area contributed by atoms with Gasteiger partial charge in [0, 0.05) is 0 Å². The van der Waals surface area contributed by atoms with Crippen LogP contribution in [-0.4, -0.2) is 26.0 Å². The summed E-state index contributed by atoms with van der Waals surface area (Å²) in [6.07, 6.45) is 16.4. The lowest BCUT2D eigenvalue weighted by Gasteiger charge is -2.57. The van der Waals surface area contributed by atoms with Gasteiger partial charge in [-0.1, -0.05) is 87.8 Å². The van der Waals surface area contributed by atoms with Crippen LogP contribution in [0.5, 0.6) is 0 Å². The van der Waals surface area contributed by atoms with E-state index in [1.165, 1.54) is 38.5 Å². The maximum Gasteiger partial charge on any atom is -0.0140 e. The normalized spacial score (nSPS) is 33.8. The third-order valence-corrected chi connectivity index (χ3v) is 9.03. The summed E-state index contributed by atoms with van der Waals surface area (Å²) >= 11 is 0. The van der Waals surface area contributed by atoms with Gasteiger partial charge < -0.3 is 4.90 Å². The molecule has 0 saturated heterocycles. The molecule has 0 aromatic heterocycles. The zero-order chi connectivity index (χ0) is 28.1. The van der Waals surface area contributed by atoms with Gasteiger partial charge in [0.1, 0.15) is 0 Å². The Morgan fingerprint density at radius 1 is 0.750 bits per heavy atom. The lowest BCUT2D eigenvalue weighted by atomic mass is 9.48. The molecule has 4 rings (SSSR count). The summed E-state index contributed by atoms with van der Waals surface area (Å²) in [7, 11) is 6.00. The molecule has 0 aromatic carbocycles. The lowest BCUT2D eigenvalue weighted by molar-refractivity contribution is -0.0680. The van der Waals surface area contributed by atoms with Gasteiger partial charge >= 0.3 is 0 Å². The average Bonchev–Trinajstić information content (AvgIpc) is 2.83. The Bertz CT molecular complexity index is 547. The van der Waals surface area contributed by atoms with E-state index in [0.29, 0.717) is 5.41 Å². The maximum absolute atomic E-state index is 4.47. The predicted octanol–water partition coefficient (Wildman–Crippen LogP) is 11.1. The second-order valence-electron chi connectivity index (χ2n) is 13.8. The fraction of sp³-hybridized carbons (Fsp3) is 0.943. The molecule has 4 saturated carbocycles. The molecular weight excluding hydrogens is 434 g/mol. The zero-order valence-corrected chi connectivity index (χ0v) is 27.6. The highest BCUT2D eigenvalue weighted by Gasteiger charge is 2.51. The van der Waals surface area contributed by atoms with Crippen LogP contribution in [0, 0.1) is 52.8 Å². The van der Waals surface area contributed by atoms with Crippen LogP contribution in [-0.2, 0) is 0 Å². The largest absolute Gasteiger partial charge is 0.312 e. The molecule has 0 N–H and O–H groups in total. The smallest absolute Gasteiger partial charge is 0.0140 e. The Morgan fingerprint density at radius 2 is 1.19 bits per heavy atom. The maximum atomic E-state index is 4.47. The predicted molar refractivity (Wildman–Crippen MR) is 167 cm³/mol. The number of allylic oxidation sites excluding steroid dienone is 1. The molecule has 0 spiro atoms. The minimum atomic E-state index is 0.625. The van der Waals surface area contributed by atoms with Gasteiger partial charge in [0.05, 0.1) is 0 Å². The highest BCUT2D eigenvalue weighted by molar-refractivity contribution is 5.08. The van der Waals surface area contributed by atoms with E-state index in [1.54, 1.807) is 37.7 Å². The van der Waals surface area contributed by atoms with Crippen molar-refractivity contribution in [3.63, 3.8) is 0 Å². The molecule has 1 nitrogen and oxygen atoms in total. The molecule has 0 aromatic rings. The van der Waals surface area contributed by atoms with E-state index in [-0.39, 0.29) is 0 Å². The summed E-state index contributed by atoms with van der Waals surface area (Å²) in [5.74, 6) is 8.10. The van der Waals surface area contributed by atoms with Crippen molar-refractivity contribution < 1.29 is 0 Å². The van der Waals surface area contributed by atoms with E-state index in [2.05, 4.69) is 48.1 Å². The van der Waals surface area contributed by atoms with Gasteiger partial charge in [-0.05, 0) is 138 Å². The van der Waals surface area contributed by atoms with Crippen molar-refractivity contribution in [3.8, 4) is 0 Å². The summed E-state index contributed by atoms with van der Waals surface area (Å²) in [4.78, 5) is 2.00. The second kappa shape index (κ2) is 18.1. The molecule has 0 amide bonds. The first-order chi connectivity index (χ1) is 17.0. The van der Waals surface area contributed by atoms with Crippen molar-refractivity contribution in [1.29, 1.82) is 0 Å². The van der Waals surface area contributed by atoms with Crippen molar-refractivity contribution in [2.45, 2.75) is 140 Å². The number of rotatable bonds is 2. The van der Waals surface area contributed by atoms with Gasteiger partial charge in [-0.3, -0.25) is 0 Å². The molecule has 4 aliphatic carbocycles. The quantitative estimate of drug-likeness (QED) is 0.337. The van der Waals surface area contributed by atoms with Crippen LogP contribution in [0.4, 0.5) is 0 Å². The van der Waals surface area contributed by atoms with Crippen LogP contribution >= 0.6 is 0 Å². The molecular formula is C35H71N. The topological polar surface area (TPSA) is 3.24 Å². The van der Waals surface area contributed by atoms with Crippen molar-refractivity contribution in [2.75, 3.05) is 21.1 Å². The Kier molecular flexibility index (Phi) is 17.9. The second-order valence-corrected chi connectivity index (χ2v) is 13.8. The Balaban J connectivity index is 0.000000874. The minimum Gasteiger partial charge on any atom is -0.312 e. The molecule has 7 atom stereocenters. The van der Waals surface area contributed by atoms with E-state index >= 15 is 0 Å². The summed E-state index contributed by atoms with van der Waals surface area (Å²) in [5, 5.41) is 0. The summed E-state index contributed by atoms with van der Waals surface area (Å²) in [5.41, 5.74) is 2.20. The standard InChI is InChI=1S/C24H40.C4H10.C3H9N.2C2H6/c1-5-16(2)18-7-6-8-20-21(18)11-12-22-19-13-14-24(3,4)15-17(19)9-10-23(20)22;2*1-4(2)3;2*1-2/h17-23H,2,5-15H2,1,3-4H3;4H,1-3H3;1-3H3;2*1-2H3. The van der Waals surface area contributed by atoms with Gasteiger partial charge in [-0.15, -0.1) is 0 Å². The molecule has 1 heteroatoms. The Labute approximate surface area is 230 Å². The molecule has 4 aliphatic rings. The highest BCUT2D eigenvalue weighted by atomic mass is 15.0. The van der Waals surface area contributed by atoms with Crippen molar-refractivity contribution in [2.24, 2.45) is 52.8 Å². The van der Waals surface area contributed by atoms with Gasteiger partial charge in [0.15, 0.2) is 0 Å². The van der Waals surface area contributed by atoms with Crippen LogP contribution < -0.4 is 0 Å². The zero-order valence-electron chi connectivity index (χ0n) is 27.6. The molecule has 216 valence electrons. The lowest BCUT2D eigenvalue weighted by Crippen LogP contribution is -2.48. The highest BCUT2D eigenvalue weighted by Crippen LogP contribution is 2.60. The number of hydrogen-bond acceptors (Lipinski definition) is 1. The molecule has 0 bridgehead atoms. The van der Waals surface area contributed by atoms with Crippen LogP contribution in [0.1, 0.15) is 140 Å². The summed E-state index contributed by atoms with van der Waals surface area (Å²) in [6, 6.07) is 0. The molecule has 0 aliphatic heterocycles. The van der Waals surface area contributed by atoms with Gasteiger partial charge in [-0.2, -0.15) is 0 Å². The first-order valence-electron chi connectivity index (χ1n) is 16.2. The fourth-order valence-corrected chi connectivity index (χ4v) is 7.93. The van der Waals surface area contributed by atoms with Crippen molar-refractivity contribution in [1.82, 2.24) is 4.90 Å². The van der Waals surface area contributed by atoms with E-state index in [4.69, 9.17) is 0 Å². The monoisotopic (exact) mass is 506 g/mol. The molecule has 36 heavy (non-hydrogen) atoms. The van der Waals surface area contributed by atoms with Gasteiger partial charge in [0.2, 0.25) is 0 Å². The third kappa shape index (κ3) is 11.2. The van der Waals surface area contributed by atoms with E-state index in [0.717, 1.165) is 47.3 Å². The SMILES string of the molecule is C=C(CC)C1CCCC2C1CCC1C3CCC(C)(C)CC3CCC12.CC.CC.CC(C)C.CN(C)C.